The first-order valence-electron chi connectivity index (χ1n) is 16.0. The Kier molecular flexibility index (Phi) is 10.8. The van der Waals surface area contributed by atoms with Crippen LogP contribution in [-0.4, -0.2) is 59.7 Å². The fourth-order valence-corrected chi connectivity index (χ4v) is 6.60. The van der Waals surface area contributed by atoms with Crippen LogP contribution in [0.25, 0.3) is 0 Å². The van der Waals surface area contributed by atoms with E-state index in [1.807, 2.05) is 38.1 Å². The number of halogens is 2. The van der Waals surface area contributed by atoms with Crippen LogP contribution in [0.15, 0.2) is 48.5 Å². The van der Waals surface area contributed by atoms with Crippen molar-refractivity contribution in [3.8, 4) is 0 Å². The summed E-state index contributed by atoms with van der Waals surface area (Å²) in [6.45, 7) is 4.32. The molecular formula is C34H42Cl2N4O6. The molecule has 5 N–H and O–H groups in total. The molecule has 5 rings (SSSR count). The third-order valence-corrected chi connectivity index (χ3v) is 9.45. The number of benzene rings is 2. The number of aliphatic hydroxyl groups is 1. The maximum Gasteiger partial charge on any atom is 0.408 e. The maximum absolute atomic E-state index is 13.8. The minimum absolute atomic E-state index is 0.00293. The molecule has 2 saturated carbocycles. The summed E-state index contributed by atoms with van der Waals surface area (Å²) in [4.78, 5) is 52.5. The molecule has 2 aromatic carbocycles. The highest BCUT2D eigenvalue weighted by Crippen LogP contribution is 2.58. The second-order valence-corrected chi connectivity index (χ2v) is 14.1. The predicted molar refractivity (Wildman–Crippen MR) is 174 cm³/mol. The minimum atomic E-state index is -1.57. The van der Waals surface area contributed by atoms with E-state index in [1.165, 1.54) is 0 Å². The lowest BCUT2D eigenvalue weighted by Crippen LogP contribution is -2.56. The summed E-state index contributed by atoms with van der Waals surface area (Å²) >= 11 is 12.7. The maximum atomic E-state index is 13.8. The molecular weight excluding hydrogens is 631 g/mol. The molecule has 46 heavy (non-hydrogen) atoms. The smallest absolute Gasteiger partial charge is 0.408 e. The lowest BCUT2D eigenvalue weighted by Gasteiger charge is -2.30. The molecule has 5 atom stereocenters. The molecule has 3 aliphatic rings. The summed E-state index contributed by atoms with van der Waals surface area (Å²) in [5.74, 6) is -1.82. The van der Waals surface area contributed by atoms with Gasteiger partial charge >= 0.3 is 6.09 Å². The Morgan fingerprint density at radius 3 is 2.28 bits per heavy atom. The van der Waals surface area contributed by atoms with Crippen LogP contribution in [0, 0.1) is 11.8 Å². The summed E-state index contributed by atoms with van der Waals surface area (Å²) < 4.78 is 6.14. The van der Waals surface area contributed by atoms with Crippen LogP contribution in [0.5, 0.6) is 0 Å². The molecule has 2 aromatic rings. The first kappa shape index (κ1) is 34.0. The fourth-order valence-electron chi connectivity index (χ4n) is 6.21. The van der Waals surface area contributed by atoms with Gasteiger partial charge in [0.15, 0.2) is 6.10 Å². The summed E-state index contributed by atoms with van der Waals surface area (Å²) in [6.07, 6.45) is 0.973. The van der Waals surface area contributed by atoms with Crippen molar-refractivity contribution in [1.29, 1.82) is 0 Å². The average molecular weight is 674 g/mol. The van der Waals surface area contributed by atoms with Crippen molar-refractivity contribution in [2.75, 3.05) is 6.54 Å². The van der Waals surface area contributed by atoms with Crippen molar-refractivity contribution in [3.63, 3.8) is 0 Å². The fraction of sp³-hybridized carbons (Fsp3) is 0.529. The molecule has 1 heterocycles. The highest BCUT2D eigenvalue weighted by atomic mass is 35.5. The van der Waals surface area contributed by atoms with Crippen LogP contribution in [0.4, 0.5) is 4.79 Å². The number of nitrogens with one attached hydrogen (secondary N) is 4. The third-order valence-electron chi connectivity index (χ3n) is 8.98. The highest BCUT2D eigenvalue weighted by molar-refractivity contribution is 6.31. The Balaban J connectivity index is 1.34. The molecule has 1 aliphatic heterocycles. The molecule has 0 bridgehead atoms. The van der Waals surface area contributed by atoms with E-state index in [0.29, 0.717) is 28.6 Å². The largest absolute Gasteiger partial charge is 0.440 e. The average Bonchev–Trinajstić information content (AvgIpc) is 3.94. The number of hydrogen-bond donors (Lipinski definition) is 5. The van der Waals surface area contributed by atoms with Crippen LogP contribution in [0.1, 0.15) is 76.0 Å². The van der Waals surface area contributed by atoms with Gasteiger partial charge in [0.05, 0.1) is 6.04 Å². The molecule has 3 fully saturated rings. The van der Waals surface area contributed by atoms with Crippen molar-refractivity contribution in [2.24, 2.45) is 11.8 Å². The van der Waals surface area contributed by atoms with Gasteiger partial charge in [-0.25, -0.2) is 4.79 Å². The number of carbonyl (C=O) groups excluding carboxylic acids is 4. The van der Waals surface area contributed by atoms with Gasteiger partial charge in [-0.15, -0.1) is 0 Å². The summed E-state index contributed by atoms with van der Waals surface area (Å²) in [6, 6.07) is 12.6. The Hall–Kier alpha value is -3.34. The normalized spacial score (nSPS) is 21.0. The number of aliphatic hydroxyl groups excluding tert-OH is 1. The highest BCUT2D eigenvalue weighted by Gasteiger charge is 2.54. The molecule has 0 spiro atoms. The number of hydrogen-bond acceptors (Lipinski definition) is 6. The van der Waals surface area contributed by atoms with Crippen molar-refractivity contribution >= 4 is 47.0 Å². The van der Waals surface area contributed by atoms with Crippen LogP contribution in [0.3, 0.4) is 0 Å². The first-order valence-corrected chi connectivity index (χ1v) is 16.8. The summed E-state index contributed by atoms with van der Waals surface area (Å²) in [7, 11) is 0. The van der Waals surface area contributed by atoms with Crippen LogP contribution in [-0.2, 0) is 24.5 Å². The van der Waals surface area contributed by atoms with Gasteiger partial charge in [-0.05, 0) is 86.3 Å². The Labute approximate surface area is 279 Å². The SMILES string of the molecule is CC(C)C[C@H](NC(=O)OC(c1cccc(Cl)c1)C1(c2cccc(Cl)c2)CC1)C(=O)N[C@@H](C[C@@H]1CCNC1=O)C(O)C(=O)NC1CC1. The van der Waals surface area contributed by atoms with Crippen molar-refractivity contribution in [3.05, 3.63) is 69.7 Å². The van der Waals surface area contributed by atoms with Gasteiger partial charge in [0.2, 0.25) is 11.8 Å². The molecule has 4 amide bonds. The van der Waals surface area contributed by atoms with Gasteiger partial charge in [-0.2, -0.15) is 0 Å². The quantitative estimate of drug-likeness (QED) is 0.199. The molecule has 0 radical (unpaired) electrons. The van der Waals surface area contributed by atoms with Gasteiger partial charge in [0.1, 0.15) is 12.1 Å². The van der Waals surface area contributed by atoms with E-state index in [-0.39, 0.29) is 30.7 Å². The second-order valence-electron chi connectivity index (χ2n) is 13.2. The zero-order chi connectivity index (χ0) is 33.0. The van der Waals surface area contributed by atoms with Crippen LogP contribution >= 0.6 is 23.2 Å². The second kappa shape index (κ2) is 14.6. The molecule has 0 aromatic heterocycles. The number of alkyl carbamates (subject to hydrolysis) is 1. The first-order chi connectivity index (χ1) is 21.9. The topological polar surface area (TPSA) is 146 Å². The predicted octanol–water partition coefficient (Wildman–Crippen LogP) is 4.56. The van der Waals surface area contributed by atoms with Gasteiger partial charge in [0, 0.05) is 34.0 Å². The van der Waals surface area contributed by atoms with Gasteiger partial charge in [-0.3, -0.25) is 14.4 Å². The number of carbonyl (C=O) groups is 4. The van der Waals surface area contributed by atoms with Crippen molar-refractivity contribution in [2.45, 2.75) is 94.5 Å². The summed E-state index contributed by atoms with van der Waals surface area (Å²) in [5.41, 5.74) is 1.13. The van der Waals surface area contributed by atoms with Gasteiger partial charge in [-0.1, -0.05) is 61.3 Å². The monoisotopic (exact) mass is 672 g/mol. The number of amides is 4. The van der Waals surface area contributed by atoms with Crippen molar-refractivity contribution in [1.82, 2.24) is 21.3 Å². The van der Waals surface area contributed by atoms with E-state index in [4.69, 9.17) is 27.9 Å². The van der Waals surface area contributed by atoms with E-state index in [0.717, 1.165) is 31.2 Å². The van der Waals surface area contributed by atoms with Crippen LogP contribution in [0.2, 0.25) is 10.0 Å². The molecule has 10 nitrogen and oxygen atoms in total. The Morgan fingerprint density at radius 1 is 1.00 bits per heavy atom. The Morgan fingerprint density at radius 2 is 1.70 bits per heavy atom. The van der Waals surface area contributed by atoms with E-state index in [9.17, 15) is 24.3 Å². The van der Waals surface area contributed by atoms with Gasteiger partial charge < -0.3 is 31.1 Å². The van der Waals surface area contributed by atoms with E-state index in [1.54, 1.807) is 24.3 Å². The zero-order valence-corrected chi connectivity index (χ0v) is 27.6. The zero-order valence-electron chi connectivity index (χ0n) is 26.1. The van der Waals surface area contributed by atoms with Gasteiger partial charge in [0.25, 0.3) is 5.91 Å². The Bertz CT molecular complexity index is 1450. The van der Waals surface area contributed by atoms with E-state index >= 15 is 0 Å². The molecule has 248 valence electrons. The lowest BCUT2D eigenvalue weighted by molar-refractivity contribution is -0.134. The van der Waals surface area contributed by atoms with E-state index in [2.05, 4.69) is 21.3 Å². The number of rotatable bonds is 14. The lowest BCUT2D eigenvalue weighted by atomic mass is 9.86. The van der Waals surface area contributed by atoms with Crippen LogP contribution < -0.4 is 21.3 Å². The molecule has 2 aliphatic carbocycles. The minimum Gasteiger partial charge on any atom is -0.440 e. The third kappa shape index (κ3) is 8.52. The van der Waals surface area contributed by atoms with E-state index < -0.39 is 53.5 Å². The standard InChI is InChI=1S/C34H42Cl2N4O6/c1-19(2)15-27(31(43)39-26(17-21-11-14-37-30(21)42)28(41)32(44)38-25-9-10-25)40-33(45)46-29(20-5-3-7-23(35)16-20)34(12-13-34)22-6-4-8-24(36)18-22/h3-8,16,18-19,21,25-29,41H,9-15,17H2,1-2H3,(H,37,42)(H,38,44)(H,39,43)(H,40,45)/t21-,26-,27-,28?,29?/m0/s1. The molecule has 12 heteroatoms. The number of ether oxygens (including phenoxy) is 1. The molecule has 2 unspecified atom stereocenters. The molecule has 1 saturated heterocycles. The summed E-state index contributed by atoms with van der Waals surface area (Å²) in [5, 5.41) is 23.1. The van der Waals surface area contributed by atoms with Crippen molar-refractivity contribution < 1.29 is 29.0 Å².